The van der Waals surface area contributed by atoms with Gasteiger partial charge in [0.1, 0.15) is 4.90 Å². The Morgan fingerprint density at radius 1 is 1.19 bits per heavy atom. The summed E-state index contributed by atoms with van der Waals surface area (Å²) in [5, 5.41) is 0.0996. The van der Waals surface area contributed by atoms with Gasteiger partial charge in [-0.2, -0.15) is 0 Å². The van der Waals surface area contributed by atoms with Gasteiger partial charge in [-0.05, 0) is 37.9 Å². The quantitative estimate of drug-likeness (QED) is 0.819. The van der Waals surface area contributed by atoms with Crippen molar-refractivity contribution in [3.63, 3.8) is 0 Å². The Balaban J connectivity index is 1.88. The average molecular weight is 350 g/mol. The molecular weight excluding hydrogens is 333 g/mol. The molecule has 2 aliphatic rings. The lowest BCUT2D eigenvalue weighted by Crippen LogP contribution is -2.42. The van der Waals surface area contributed by atoms with Crippen molar-refractivity contribution < 1.29 is 8.42 Å². The number of halogens is 2. The van der Waals surface area contributed by atoms with Crippen LogP contribution in [0.3, 0.4) is 0 Å². The summed E-state index contributed by atoms with van der Waals surface area (Å²) in [6, 6.07) is 3.00. The van der Waals surface area contributed by atoms with Crippen LogP contribution >= 0.6 is 23.2 Å². The maximum atomic E-state index is 12.6. The first kappa shape index (κ1) is 15.4. The SMILES string of the molecule is Nc1cc(Cl)c(S(=O)(=O)NC2CCN3CCCC23)c(Cl)c1. The van der Waals surface area contributed by atoms with E-state index >= 15 is 0 Å². The fourth-order valence-corrected chi connectivity index (χ4v) is 5.85. The number of nitrogens with zero attached hydrogens (tertiary/aromatic N) is 1. The Labute approximate surface area is 134 Å². The van der Waals surface area contributed by atoms with E-state index in [4.69, 9.17) is 28.9 Å². The molecule has 2 fully saturated rings. The van der Waals surface area contributed by atoms with Crippen LogP contribution in [0.25, 0.3) is 0 Å². The zero-order valence-electron chi connectivity index (χ0n) is 11.4. The first-order valence-electron chi connectivity index (χ1n) is 6.89. The van der Waals surface area contributed by atoms with Crippen molar-refractivity contribution in [2.75, 3.05) is 18.8 Å². The maximum absolute atomic E-state index is 12.6. The number of sulfonamides is 1. The molecule has 5 nitrogen and oxygen atoms in total. The fraction of sp³-hybridized carbons (Fsp3) is 0.538. The van der Waals surface area contributed by atoms with Crippen molar-refractivity contribution in [2.24, 2.45) is 0 Å². The number of hydrogen-bond donors (Lipinski definition) is 2. The highest BCUT2D eigenvalue weighted by molar-refractivity contribution is 7.89. The molecule has 2 unspecified atom stereocenters. The van der Waals surface area contributed by atoms with Crippen LogP contribution in [0.4, 0.5) is 5.69 Å². The van der Waals surface area contributed by atoms with Gasteiger partial charge in [-0.15, -0.1) is 0 Å². The molecule has 2 heterocycles. The van der Waals surface area contributed by atoms with Crippen LogP contribution in [-0.4, -0.2) is 38.5 Å². The molecule has 0 radical (unpaired) electrons. The lowest BCUT2D eigenvalue weighted by atomic mass is 10.1. The van der Waals surface area contributed by atoms with Gasteiger partial charge in [-0.3, -0.25) is 4.90 Å². The van der Waals surface area contributed by atoms with Gasteiger partial charge < -0.3 is 5.73 Å². The molecule has 2 saturated heterocycles. The van der Waals surface area contributed by atoms with Crippen LogP contribution < -0.4 is 10.5 Å². The highest BCUT2D eigenvalue weighted by atomic mass is 35.5. The molecule has 0 spiro atoms. The predicted octanol–water partition coefficient (Wildman–Crippen LogP) is 2.09. The summed E-state index contributed by atoms with van der Waals surface area (Å²) in [6.45, 7) is 1.98. The Hall–Kier alpha value is -0.530. The molecule has 0 bridgehead atoms. The number of rotatable bonds is 3. The first-order valence-corrected chi connectivity index (χ1v) is 9.13. The third kappa shape index (κ3) is 2.87. The topological polar surface area (TPSA) is 75.4 Å². The summed E-state index contributed by atoms with van der Waals surface area (Å²) < 4.78 is 27.9. The van der Waals surface area contributed by atoms with E-state index in [1.165, 1.54) is 12.1 Å². The molecule has 0 aliphatic carbocycles. The van der Waals surface area contributed by atoms with E-state index in [-0.39, 0.29) is 27.0 Å². The van der Waals surface area contributed by atoms with Gasteiger partial charge in [-0.1, -0.05) is 23.2 Å². The molecule has 0 aromatic heterocycles. The Bertz CT molecular complexity index is 642. The first-order chi connectivity index (χ1) is 9.88. The van der Waals surface area contributed by atoms with Gasteiger partial charge in [0.15, 0.2) is 0 Å². The Kier molecular flexibility index (Phi) is 4.09. The Morgan fingerprint density at radius 2 is 1.86 bits per heavy atom. The van der Waals surface area contributed by atoms with Crippen molar-refractivity contribution >= 4 is 38.9 Å². The predicted molar refractivity (Wildman–Crippen MR) is 84.2 cm³/mol. The number of benzene rings is 1. The van der Waals surface area contributed by atoms with Crippen LogP contribution in [-0.2, 0) is 10.0 Å². The zero-order chi connectivity index (χ0) is 15.2. The molecule has 1 aromatic carbocycles. The number of nitrogens with two attached hydrogens (primary N) is 1. The third-order valence-corrected chi connectivity index (χ3v) is 6.61. The smallest absolute Gasteiger partial charge is 0.243 e. The highest BCUT2D eigenvalue weighted by Gasteiger charge is 2.39. The normalized spacial score (nSPS) is 26.2. The van der Waals surface area contributed by atoms with Crippen molar-refractivity contribution in [1.82, 2.24) is 9.62 Å². The third-order valence-electron chi connectivity index (χ3n) is 4.20. The summed E-state index contributed by atoms with van der Waals surface area (Å²) in [5.41, 5.74) is 5.95. The molecule has 116 valence electrons. The van der Waals surface area contributed by atoms with E-state index in [9.17, 15) is 8.42 Å². The maximum Gasteiger partial charge on any atom is 0.243 e. The van der Waals surface area contributed by atoms with Crippen LogP contribution in [0.1, 0.15) is 19.3 Å². The minimum atomic E-state index is -3.76. The monoisotopic (exact) mass is 349 g/mol. The van der Waals surface area contributed by atoms with Crippen LogP contribution in [0.5, 0.6) is 0 Å². The minimum absolute atomic E-state index is 0.0498. The van der Waals surface area contributed by atoms with Crippen LogP contribution in [0.15, 0.2) is 17.0 Å². The number of anilines is 1. The number of nitrogen functional groups attached to an aromatic ring is 1. The standard InChI is InChI=1S/C13H17Cl2N3O2S/c14-9-6-8(16)7-10(15)13(9)21(19,20)17-11-3-5-18-4-1-2-12(11)18/h6-7,11-12,17H,1-5,16H2. The molecule has 2 atom stereocenters. The average Bonchev–Trinajstić information content (AvgIpc) is 2.92. The molecule has 0 amide bonds. The minimum Gasteiger partial charge on any atom is -0.399 e. The van der Waals surface area contributed by atoms with Crippen LogP contribution in [0, 0.1) is 0 Å². The largest absolute Gasteiger partial charge is 0.399 e. The summed E-state index contributed by atoms with van der Waals surface area (Å²) in [4.78, 5) is 2.25. The Morgan fingerprint density at radius 3 is 2.52 bits per heavy atom. The van der Waals surface area contributed by atoms with Gasteiger partial charge in [0.2, 0.25) is 10.0 Å². The number of fused-ring (bicyclic) bond motifs is 1. The van der Waals surface area contributed by atoms with E-state index in [2.05, 4.69) is 9.62 Å². The summed E-state index contributed by atoms with van der Waals surface area (Å²) in [6.07, 6.45) is 2.96. The van der Waals surface area contributed by atoms with Gasteiger partial charge in [0.25, 0.3) is 0 Å². The summed E-state index contributed by atoms with van der Waals surface area (Å²) in [5.74, 6) is 0. The van der Waals surface area contributed by atoms with Crippen molar-refractivity contribution in [1.29, 1.82) is 0 Å². The van der Waals surface area contributed by atoms with Gasteiger partial charge >= 0.3 is 0 Å². The van der Waals surface area contributed by atoms with Gasteiger partial charge in [0, 0.05) is 24.3 Å². The highest BCUT2D eigenvalue weighted by Crippen LogP contribution is 2.34. The molecule has 3 rings (SSSR count). The van der Waals surface area contributed by atoms with Crippen molar-refractivity contribution in [3.8, 4) is 0 Å². The molecule has 2 aliphatic heterocycles. The second-order valence-corrected chi connectivity index (χ2v) is 8.04. The molecule has 0 saturated carbocycles. The number of nitrogens with one attached hydrogen (secondary N) is 1. The molecule has 1 aromatic rings. The van der Waals surface area contributed by atoms with Gasteiger partial charge in [-0.25, -0.2) is 13.1 Å². The second kappa shape index (κ2) is 5.59. The fourth-order valence-electron chi connectivity index (χ4n) is 3.31. The van der Waals surface area contributed by atoms with E-state index in [1.54, 1.807) is 0 Å². The van der Waals surface area contributed by atoms with E-state index in [1.807, 2.05) is 0 Å². The van der Waals surface area contributed by atoms with Crippen LogP contribution in [0.2, 0.25) is 10.0 Å². The van der Waals surface area contributed by atoms with E-state index in [0.717, 1.165) is 32.4 Å². The lowest BCUT2D eigenvalue weighted by molar-refractivity contribution is 0.309. The van der Waals surface area contributed by atoms with E-state index < -0.39 is 10.0 Å². The number of hydrogen-bond acceptors (Lipinski definition) is 4. The molecule has 8 heteroatoms. The molecule has 3 N–H and O–H groups in total. The van der Waals surface area contributed by atoms with E-state index in [0.29, 0.717) is 5.69 Å². The molecular formula is C13H17Cl2N3O2S. The van der Waals surface area contributed by atoms with Gasteiger partial charge in [0.05, 0.1) is 10.0 Å². The molecule has 21 heavy (non-hydrogen) atoms. The van der Waals surface area contributed by atoms with Crippen molar-refractivity contribution in [2.45, 2.75) is 36.2 Å². The zero-order valence-corrected chi connectivity index (χ0v) is 13.7. The second-order valence-electron chi connectivity index (χ2n) is 5.58. The summed E-state index contributed by atoms with van der Waals surface area (Å²) in [7, 11) is -3.76. The summed E-state index contributed by atoms with van der Waals surface area (Å²) >= 11 is 12.0. The van der Waals surface area contributed by atoms with Crippen molar-refractivity contribution in [3.05, 3.63) is 22.2 Å². The lowest BCUT2D eigenvalue weighted by Gasteiger charge is -2.21.